The molecule has 2 saturated carbocycles. The smallest absolute Gasteiger partial charge is 0.0388 e. The van der Waals surface area contributed by atoms with Gasteiger partial charge in [-0.3, -0.25) is 0 Å². The first-order valence-electron chi connectivity index (χ1n) is 4.86. The SMILES string of the molecule is CC(CC1CC1)C1CCC1. The topological polar surface area (TPSA) is 0 Å². The van der Waals surface area contributed by atoms with Gasteiger partial charge in [0.1, 0.15) is 0 Å². The van der Waals surface area contributed by atoms with Gasteiger partial charge in [-0.1, -0.05) is 39.0 Å². The van der Waals surface area contributed by atoms with Crippen molar-refractivity contribution in [3.05, 3.63) is 0 Å². The molecule has 0 spiro atoms. The molecule has 0 saturated heterocycles. The molecule has 10 heavy (non-hydrogen) atoms. The third-order valence-electron chi connectivity index (χ3n) is 3.36. The predicted molar refractivity (Wildman–Crippen MR) is 43.8 cm³/mol. The van der Waals surface area contributed by atoms with E-state index >= 15 is 0 Å². The molecule has 58 valence electrons. The van der Waals surface area contributed by atoms with Crippen molar-refractivity contribution in [3.8, 4) is 0 Å². The molecule has 0 heteroatoms. The van der Waals surface area contributed by atoms with E-state index in [1.54, 1.807) is 6.42 Å². The second-order valence-electron chi connectivity index (χ2n) is 4.35. The second-order valence-corrected chi connectivity index (χ2v) is 4.35. The van der Waals surface area contributed by atoms with Gasteiger partial charge in [-0.25, -0.2) is 0 Å². The van der Waals surface area contributed by atoms with Crippen molar-refractivity contribution in [1.82, 2.24) is 0 Å². The normalized spacial score (nSPS) is 29.7. The zero-order chi connectivity index (χ0) is 6.97. The third kappa shape index (κ3) is 1.36. The molecule has 1 unspecified atom stereocenters. The lowest BCUT2D eigenvalue weighted by atomic mass is 9.75. The van der Waals surface area contributed by atoms with E-state index < -0.39 is 0 Å². The minimum atomic E-state index is 1.06. The molecule has 2 aliphatic carbocycles. The van der Waals surface area contributed by atoms with E-state index in [1.165, 1.54) is 32.1 Å². The summed E-state index contributed by atoms with van der Waals surface area (Å²) in [5.41, 5.74) is 0. The minimum Gasteiger partial charge on any atom is -0.0622 e. The second kappa shape index (κ2) is 2.56. The summed E-state index contributed by atoms with van der Waals surface area (Å²) in [6.45, 7) is 2.46. The summed E-state index contributed by atoms with van der Waals surface area (Å²) in [4.78, 5) is 0. The lowest BCUT2D eigenvalue weighted by Crippen LogP contribution is -2.19. The van der Waals surface area contributed by atoms with Crippen molar-refractivity contribution in [2.24, 2.45) is 17.8 Å². The van der Waals surface area contributed by atoms with Gasteiger partial charge in [0.2, 0.25) is 0 Å². The molecule has 2 fully saturated rings. The van der Waals surface area contributed by atoms with Gasteiger partial charge in [-0.2, -0.15) is 0 Å². The van der Waals surface area contributed by atoms with E-state index in [0.717, 1.165) is 17.8 Å². The Morgan fingerprint density at radius 1 is 1.20 bits per heavy atom. The fraction of sp³-hybridized carbons (Fsp3) is 1.00. The molecular formula is C10H18. The average Bonchev–Trinajstić information content (AvgIpc) is 2.43. The lowest BCUT2D eigenvalue weighted by molar-refractivity contribution is 0.204. The van der Waals surface area contributed by atoms with Crippen molar-refractivity contribution in [1.29, 1.82) is 0 Å². The summed E-state index contributed by atoms with van der Waals surface area (Å²) in [5, 5.41) is 0. The van der Waals surface area contributed by atoms with Crippen LogP contribution in [0.15, 0.2) is 0 Å². The molecule has 0 radical (unpaired) electrons. The van der Waals surface area contributed by atoms with Crippen molar-refractivity contribution < 1.29 is 0 Å². The van der Waals surface area contributed by atoms with Crippen LogP contribution in [0.25, 0.3) is 0 Å². The highest BCUT2D eigenvalue weighted by atomic mass is 14.4. The van der Waals surface area contributed by atoms with Crippen LogP contribution in [0.1, 0.15) is 45.4 Å². The number of hydrogen-bond donors (Lipinski definition) is 0. The van der Waals surface area contributed by atoms with Crippen molar-refractivity contribution in [3.63, 3.8) is 0 Å². The Balaban J connectivity index is 1.69. The summed E-state index contributed by atoms with van der Waals surface area (Å²) >= 11 is 0. The highest BCUT2D eigenvalue weighted by molar-refractivity contribution is 4.81. The zero-order valence-electron chi connectivity index (χ0n) is 6.97. The van der Waals surface area contributed by atoms with E-state index in [4.69, 9.17) is 0 Å². The Morgan fingerprint density at radius 2 is 1.90 bits per heavy atom. The average molecular weight is 138 g/mol. The molecule has 0 heterocycles. The first-order valence-corrected chi connectivity index (χ1v) is 4.86. The predicted octanol–water partition coefficient (Wildman–Crippen LogP) is 3.22. The standard InChI is InChI=1S/C10H18/c1-8(7-9-5-6-9)10-3-2-4-10/h8-10H,2-7H2,1H3. The fourth-order valence-electron chi connectivity index (χ4n) is 2.08. The van der Waals surface area contributed by atoms with Crippen LogP contribution in [0.5, 0.6) is 0 Å². The zero-order valence-corrected chi connectivity index (χ0v) is 6.97. The van der Waals surface area contributed by atoms with Crippen LogP contribution in [0.4, 0.5) is 0 Å². The van der Waals surface area contributed by atoms with Crippen molar-refractivity contribution in [2.75, 3.05) is 0 Å². The highest BCUT2D eigenvalue weighted by Gasteiger charge is 2.29. The quantitative estimate of drug-likeness (QED) is 0.561. The van der Waals surface area contributed by atoms with Crippen LogP contribution in [-0.2, 0) is 0 Å². The molecule has 2 rings (SSSR count). The van der Waals surface area contributed by atoms with Gasteiger partial charge in [-0.05, 0) is 24.2 Å². The Morgan fingerprint density at radius 3 is 2.30 bits per heavy atom. The lowest BCUT2D eigenvalue weighted by Gasteiger charge is -2.31. The van der Waals surface area contributed by atoms with Crippen LogP contribution in [-0.4, -0.2) is 0 Å². The van der Waals surface area contributed by atoms with E-state index in [1.807, 2.05) is 0 Å². The molecule has 0 aromatic heterocycles. The number of hydrogen-bond acceptors (Lipinski definition) is 0. The Hall–Kier alpha value is 0. The first-order chi connectivity index (χ1) is 4.86. The molecule has 0 aliphatic heterocycles. The maximum absolute atomic E-state index is 2.46. The summed E-state index contributed by atoms with van der Waals surface area (Å²) in [6, 6.07) is 0. The van der Waals surface area contributed by atoms with Gasteiger partial charge < -0.3 is 0 Å². The largest absolute Gasteiger partial charge is 0.0622 e. The Bertz CT molecular complexity index is 109. The van der Waals surface area contributed by atoms with Crippen molar-refractivity contribution in [2.45, 2.75) is 45.4 Å². The maximum Gasteiger partial charge on any atom is -0.0388 e. The number of rotatable bonds is 3. The van der Waals surface area contributed by atoms with Crippen LogP contribution < -0.4 is 0 Å². The van der Waals surface area contributed by atoms with Crippen molar-refractivity contribution >= 4 is 0 Å². The first kappa shape index (κ1) is 6.69. The molecule has 2 aliphatic rings. The van der Waals surface area contributed by atoms with E-state index in [2.05, 4.69) is 6.92 Å². The highest BCUT2D eigenvalue weighted by Crippen LogP contribution is 2.42. The van der Waals surface area contributed by atoms with Crippen LogP contribution in [0.3, 0.4) is 0 Å². The molecule has 0 aromatic rings. The molecular weight excluding hydrogens is 120 g/mol. The molecule has 0 bridgehead atoms. The summed E-state index contributed by atoms with van der Waals surface area (Å²) < 4.78 is 0. The summed E-state index contributed by atoms with van der Waals surface area (Å²) in [5.74, 6) is 3.33. The Kier molecular flexibility index (Phi) is 1.71. The molecule has 0 N–H and O–H groups in total. The molecule has 0 amide bonds. The van der Waals surface area contributed by atoms with E-state index in [-0.39, 0.29) is 0 Å². The summed E-state index contributed by atoms with van der Waals surface area (Å²) in [6.07, 6.45) is 9.21. The Labute approximate surface area is 64.0 Å². The van der Waals surface area contributed by atoms with Gasteiger partial charge in [0.25, 0.3) is 0 Å². The van der Waals surface area contributed by atoms with E-state index in [0.29, 0.717) is 0 Å². The van der Waals surface area contributed by atoms with Gasteiger partial charge in [0.15, 0.2) is 0 Å². The van der Waals surface area contributed by atoms with Gasteiger partial charge in [-0.15, -0.1) is 0 Å². The summed E-state index contributed by atoms with van der Waals surface area (Å²) in [7, 11) is 0. The maximum atomic E-state index is 2.46. The van der Waals surface area contributed by atoms with Gasteiger partial charge >= 0.3 is 0 Å². The van der Waals surface area contributed by atoms with Crippen LogP contribution in [0.2, 0.25) is 0 Å². The third-order valence-corrected chi connectivity index (χ3v) is 3.36. The van der Waals surface area contributed by atoms with Crippen LogP contribution in [0, 0.1) is 17.8 Å². The molecule has 1 atom stereocenters. The molecule has 0 nitrogen and oxygen atoms in total. The monoisotopic (exact) mass is 138 g/mol. The van der Waals surface area contributed by atoms with Crippen LogP contribution >= 0.6 is 0 Å². The van der Waals surface area contributed by atoms with Gasteiger partial charge in [0.05, 0.1) is 0 Å². The van der Waals surface area contributed by atoms with E-state index in [9.17, 15) is 0 Å². The fourth-order valence-corrected chi connectivity index (χ4v) is 2.08. The van der Waals surface area contributed by atoms with Gasteiger partial charge in [0, 0.05) is 0 Å². The minimum absolute atomic E-state index is 1.06. The molecule has 0 aromatic carbocycles.